The largest absolute Gasteiger partial charge is 0.446 e. The molecule has 6 heteroatoms. The normalized spacial score (nSPS) is 11.6. The Morgan fingerprint density at radius 3 is 1.80 bits per heavy atom. The summed E-state index contributed by atoms with van der Waals surface area (Å²) in [6.45, 7) is 3.07. The van der Waals surface area contributed by atoms with Gasteiger partial charge in [-0.05, 0) is 62.4 Å². The Morgan fingerprint density at radius 1 is 1.04 bits per heavy atom. The lowest BCUT2D eigenvalue weighted by atomic mass is 10.1. The van der Waals surface area contributed by atoms with Gasteiger partial charge in [-0.1, -0.05) is 5.92 Å². The van der Waals surface area contributed by atoms with Gasteiger partial charge in [-0.15, -0.1) is 6.42 Å². The van der Waals surface area contributed by atoms with Gasteiger partial charge in [0.15, 0.2) is 12.7 Å². The highest BCUT2D eigenvalue weighted by Crippen LogP contribution is 2.43. The summed E-state index contributed by atoms with van der Waals surface area (Å²) in [5.41, 5.74) is -1.15. The van der Waals surface area contributed by atoms with Crippen LogP contribution in [0.2, 0.25) is 0 Å². The molecular formula is C19H17F2O3P. The first-order valence-electron chi connectivity index (χ1n) is 7.47. The second kappa shape index (κ2) is 7.21. The van der Waals surface area contributed by atoms with Gasteiger partial charge in [-0.2, -0.15) is 0 Å². The summed E-state index contributed by atoms with van der Waals surface area (Å²) in [5, 5.41) is 0.548. The lowest BCUT2D eigenvalue weighted by Gasteiger charge is -2.22. The fourth-order valence-electron chi connectivity index (χ4n) is 2.22. The molecule has 2 aromatic rings. The van der Waals surface area contributed by atoms with Crippen molar-refractivity contribution in [2.24, 2.45) is 0 Å². The second-order valence-corrected chi connectivity index (χ2v) is 8.81. The topological polar surface area (TPSA) is 43.4 Å². The Kier molecular flexibility index (Phi) is 5.45. The molecular weight excluding hydrogens is 345 g/mol. The number of esters is 1. The number of halogens is 2. The van der Waals surface area contributed by atoms with Gasteiger partial charge in [0.1, 0.15) is 17.8 Å². The number of carbonyl (C=O) groups is 1. The van der Waals surface area contributed by atoms with E-state index in [2.05, 4.69) is 5.92 Å². The number of hydrogen-bond donors (Lipinski definition) is 0. The number of ether oxygens (including phenoxy) is 1. The highest BCUT2D eigenvalue weighted by molar-refractivity contribution is 7.79. The summed E-state index contributed by atoms with van der Waals surface area (Å²) >= 11 is 0. The highest BCUT2D eigenvalue weighted by Gasteiger charge is 2.33. The van der Waals surface area contributed by atoms with Gasteiger partial charge in [-0.25, -0.2) is 8.78 Å². The van der Waals surface area contributed by atoms with Gasteiger partial charge < -0.3 is 9.30 Å². The van der Waals surface area contributed by atoms with Gasteiger partial charge in [0.2, 0.25) is 0 Å². The van der Waals surface area contributed by atoms with Crippen molar-refractivity contribution in [1.29, 1.82) is 0 Å². The first kappa shape index (κ1) is 18.9. The van der Waals surface area contributed by atoms with Crippen LogP contribution in [0.5, 0.6) is 0 Å². The maximum absolute atomic E-state index is 13.6. The SMILES string of the molecule is C#CC(C)(C)OC(=O)CP(=O)(c1ccc(F)cc1)c1ccc(F)cc1. The predicted octanol–water partition coefficient (Wildman–Crippen LogP) is 3.23. The van der Waals surface area contributed by atoms with Crippen LogP contribution in [0.1, 0.15) is 13.8 Å². The van der Waals surface area contributed by atoms with Crippen molar-refractivity contribution in [2.75, 3.05) is 6.16 Å². The van der Waals surface area contributed by atoms with Crippen molar-refractivity contribution in [1.82, 2.24) is 0 Å². The molecule has 130 valence electrons. The van der Waals surface area contributed by atoms with E-state index in [4.69, 9.17) is 11.2 Å². The molecule has 0 aliphatic rings. The third-order valence-electron chi connectivity index (χ3n) is 3.56. The highest BCUT2D eigenvalue weighted by atomic mass is 31.2. The molecule has 0 heterocycles. The van der Waals surface area contributed by atoms with E-state index in [9.17, 15) is 18.1 Å². The average Bonchev–Trinajstić information content (AvgIpc) is 2.55. The van der Waals surface area contributed by atoms with Gasteiger partial charge in [-0.3, -0.25) is 4.79 Å². The Bertz CT molecular complexity index is 800. The first-order valence-corrected chi connectivity index (χ1v) is 9.36. The molecule has 0 aliphatic carbocycles. The lowest BCUT2D eigenvalue weighted by molar-refractivity contribution is -0.148. The number of terminal acetylenes is 1. The molecule has 0 saturated heterocycles. The van der Waals surface area contributed by atoms with E-state index < -0.39 is 36.5 Å². The van der Waals surface area contributed by atoms with Crippen LogP contribution in [0, 0.1) is 24.0 Å². The zero-order valence-corrected chi connectivity index (χ0v) is 14.7. The third-order valence-corrected chi connectivity index (χ3v) is 6.52. The summed E-state index contributed by atoms with van der Waals surface area (Å²) in [4.78, 5) is 12.3. The Labute approximate surface area is 145 Å². The van der Waals surface area contributed by atoms with Crippen molar-refractivity contribution in [3.05, 3.63) is 60.2 Å². The number of benzene rings is 2. The standard InChI is InChI=1S/C19H17F2O3P/c1-4-19(2,3)24-18(22)13-25(23,16-9-5-14(20)6-10-16)17-11-7-15(21)8-12-17/h1,5-12H,13H2,2-3H3. The van der Waals surface area contributed by atoms with Crippen molar-refractivity contribution < 1.29 is 22.9 Å². The van der Waals surface area contributed by atoms with Gasteiger partial charge in [0, 0.05) is 10.6 Å². The molecule has 0 aliphatic heterocycles. The Morgan fingerprint density at radius 2 is 1.44 bits per heavy atom. The lowest BCUT2D eigenvalue weighted by Crippen LogP contribution is -2.30. The van der Waals surface area contributed by atoms with Gasteiger partial charge >= 0.3 is 5.97 Å². The van der Waals surface area contributed by atoms with Crippen molar-refractivity contribution in [2.45, 2.75) is 19.4 Å². The van der Waals surface area contributed by atoms with Crippen LogP contribution in [0.4, 0.5) is 8.78 Å². The van der Waals surface area contributed by atoms with Crippen LogP contribution in [0.25, 0.3) is 0 Å². The summed E-state index contributed by atoms with van der Waals surface area (Å²) < 4.78 is 45.2. The zero-order chi connectivity index (χ0) is 18.7. The van der Waals surface area contributed by atoms with Crippen LogP contribution in [-0.4, -0.2) is 17.7 Å². The van der Waals surface area contributed by atoms with Crippen molar-refractivity contribution >= 4 is 23.7 Å². The van der Waals surface area contributed by atoms with Crippen LogP contribution in [0.15, 0.2) is 48.5 Å². The molecule has 2 rings (SSSR count). The quantitative estimate of drug-likeness (QED) is 0.466. The number of carbonyl (C=O) groups excluding carboxylic acids is 1. The molecule has 0 fully saturated rings. The van der Waals surface area contributed by atoms with Crippen LogP contribution in [-0.2, 0) is 14.1 Å². The molecule has 0 radical (unpaired) electrons. The number of rotatable bonds is 5. The predicted molar refractivity (Wildman–Crippen MR) is 93.5 cm³/mol. The molecule has 0 aromatic heterocycles. The molecule has 25 heavy (non-hydrogen) atoms. The van der Waals surface area contributed by atoms with Crippen molar-refractivity contribution in [3.8, 4) is 12.3 Å². The molecule has 0 bridgehead atoms. The molecule has 0 saturated carbocycles. The van der Waals surface area contributed by atoms with Gasteiger partial charge in [0.25, 0.3) is 0 Å². The first-order chi connectivity index (χ1) is 11.7. The maximum Gasteiger partial charge on any atom is 0.315 e. The smallest absolute Gasteiger partial charge is 0.315 e. The fraction of sp³-hybridized carbons (Fsp3) is 0.211. The molecule has 0 spiro atoms. The second-order valence-electron chi connectivity index (χ2n) is 5.98. The summed E-state index contributed by atoms with van der Waals surface area (Å²) in [6.07, 6.45) is 4.83. The zero-order valence-electron chi connectivity index (χ0n) is 13.8. The fourth-order valence-corrected chi connectivity index (χ4v) is 4.58. The number of hydrogen-bond acceptors (Lipinski definition) is 3. The van der Waals surface area contributed by atoms with Crippen LogP contribution < -0.4 is 10.6 Å². The summed E-state index contributed by atoms with van der Waals surface area (Å²) in [5.74, 6) is 0.581. The van der Waals surface area contributed by atoms with Gasteiger partial charge in [0.05, 0.1) is 0 Å². The van der Waals surface area contributed by atoms with E-state index in [1.54, 1.807) is 0 Å². The Hall–Kier alpha value is -2.44. The minimum Gasteiger partial charge on any atom is -0.446 e. The van der Waals surface area contributed by atoms with E-state index in [0.717, 1.165) is 24.3 Å². The molecule has 0 N–H and O–H groups in total. The summed E-state index contributed by atoms with van der Waals surface area (Å²) in [7, 11) is -3.49. The minimum atomic E-state index is -3.49. The minimum absolute atomic E-state index is 0.274. The third kappa shape index (κ3) is 4.55. The summed E-state index contributed by atoms with van der Waals surface area (Å²) in [6, 6.07) is 10.0. The molecule has 3 nitrogen and oxygen atoms in total. The van der Waals surface area contributed by atoms with E-state index in [1.807, 2.05) is 0 Å². The van der Waals surface area contributed by atoms with E-state index in [-0.39, 0.29) is 10.6 Å². The molecule has 0 unspecified atom stereocenters. The molecule has 0 amide bonds. The van der Waals surface area contributed by atoms with E-state index in [0.29, 0.717) is 0 Å². The molecule has 0 atom stereocenters. The Balaban J connectivity index is 2.44. The monoisotopic (exact) mass is 362 g/mol. The van der Waals surface area contributed by atoms with Crippen LogP contribution in [0.3, 0.4) is 0 Å². The van der Waals surface area contributed by atoms with E-state index >= 15 is 0 Å². The van der Waals surface area contributed by atoms with Crippen LogP contribution >= 0.6 is 7.14 Å². The average molecular weight is 362 g/mol. The molecule has 2 aromatic carbocycles. The maximum atomic E-state index is 13.6. The van der Waals surface area contributed by atoms with Crippen molar-refractivity contribution in [3.63, 3.8) is 0 Å². The van der Waals surface area contributed by atoms with E-state index in [1.165, 1.54) is 38.1 Å².